The molecule has 0 unspecified atom stereocenters. The molecule has 0 spiro atoms. The highest BCUT2D eigenvalue weighted by atomic mass is 79.9. The Balaban J connectivity index is 2.41. The predicted molar refractivity (Wildman–Crippen MR) is 68.2 cm³/mol. The van der Waals surface area contributed by atoms with Gasteiger partial charge < -0.3 is 10.0 Å². The van der Waals surface area contributed by atoms with Crippen molar-refractivity contribution in [1.82, 2.24) is 0 Å². The smallest absolute Gasteiger partial charge is 0.293 e. The average molecular weight is 319 g/mol. The molecule has 7 heteroatoms. The summed E-state index contributed by atoms with van der Waals surface area (Å²) in [6.07, 6.45) is 0.879. The Hall–Kier alpha value is -1.21. The van der Waals surface area contributed by atoms with E-state index >= 15 is 0 Å². The molecule has 1 aliphatic heterocycles. The lowest BCUT2D eigenvalue weighted by atomic mass is 10.1. The summed E-state index contributed by atoms with van der Waals surface area (Å²) in [7, 11) is 0. The van der Waals surface area contributed by atoms with E-state index in [2.05, 4.69) is 15.9 Å². The van der Waals surface area contributed by atoms with E-state index in [-0.39, 0.29) is 15.8 Å². The van der Waals surface area contributed by atoms with E-state index in [1.807, 2.05) is 0 Å². The molecule has 18 heavy (non-hydrogen) atoms. The van der Waals surface area contributed by atoms with Crippen LogP contribution >= 0.6 is 15.9 Å². The van der Waals surface area contributed by atoms with E-state index in [9.17, 15) is 19.6 Å². The Kier molecular flexibility index (Phi) is 3.82. The molecule has 0 aliphatic carbocycles. The van der Waals surface area contributed by atoms with Crippen LogP contribution in [-0.4, -0.2) is 29.2 Å². The number of aliphatic hydroxyl groups is 1. The fourth-order valence-electron chi connectivity index (χ4n) is 2.10. The zero-order valence-corrected chi connectivity index (χ0v) is 11.1. The van der Waals surface area contributed by atoms with Crippen molar-refractivity contribution >= 4 is 27.3 Å². The number of piperidine rings is 1. The van der Waals surface area contributed by atoms with Crippen molar-refractivity contribution in [1.29, 1.82) is 0 Å². The van der Waals surface area contributed by atoms with Gasteiger partial charge in [-0.05, 0) is 28.8 Å². The van der Waals surface area contributed by atoms with E-state index in [0.717, 1.165) is 18.6 Å². The molecule has 5 nitrogen and oxygen atoms in total. The standard InChI is InChI=1S/C11H12BrFN2O3/c12-8-4-11(15(17)18)10(5-9(8)13)14-3-1-2-7(16)6-14/h4-5,7,16H,1-3,6H2/t7-/m0/s1. The van der Waals surface area contributed by atoms with Crippen molar-refractivity contribution in [2.24, 2.45) is 0 Å². The molecule has 1 N–H and O–H groups in total. The fourth-order valence-corrected chi connectivity index (χ4v) is 2.43. The first-order valence-electron chi connectivity index (χ1n) is 5.55. The summed E-state index contributed by atoms with van der Waals surface area (Å²) in [6.45, 7) is 0.876. The van der Waals surface area contributed by atoms with Crippen LogP contribution in [0.15, 0.2) is 16.6 Å². The molecule has 1 heterocycles. The van der Waals surface area contributed by atoms with Crippen molar-refractivity contribution in [2.75, 3.05) is 18.0 Å². The number of β-amino-alcohol motifs (C(OH)–C–C–N with tert-alkyl or cyclic N) is 1. The zero-order valence-electron chi connectivity index (χ0n) is 9.47. The van der Waals surface area contributed by atoms with Gasteiger partial charge in [-0.1, -0.05) is 0 Å². The van der Waals surface area contributed by atoms with Crippen LogP contribution in [0.25, 0.3) is 0 Å². The summed E-state index contributed by atoms with van der Waals surface area (Å²) in [4.78, 5) is 12.1. The third-order valence-electron chi connectivity index (χ3n) is 2.95. The minimum absolute atomic E-state index is 0.0653. The van der Waals surface area contributed by atoms with Gasteiger partial charge >= 0.3 is 0 Å². The first kappa shape index (κ1) is 13.2. The fraction of sp³-hybridized carbons (Fsp3) is 0.455. The molecule has 1 atom stereocenters. The Labute approximate surface area is 111 Å². The lowest BCUT2D eigenvalue weighted by Gasteiger charge is -2.31. The van der Waals surface area contributed by atoms with Gasteiger partial charge in [0.2, 0.25) is 0 Å². The van der Waals surface area contributed by atoms with Crippen LogP contribution in [0.4, 0.5) is 15.8 Å². The number of halogens is 2. The molecule has 0 saturated carbocycles. The molecule has 1 aliphatic rings. The van der Waals surface area contributed by atoms with Crippen LogP contribution < -0.4 is 4.90 Å². The van der Waals surface area contributed by atoms with Gasteiger partial charge in [-0.3, -0.25) is 10.1 Å². The summed E-state index contributed by atoms with van der Waals surface area (Å²) in [5.74, 6) is -0.546. The monoisotopic (exact) mass is 318 g/mol. The molecule has 98 valence electrons. The number of hydrogen-bond acceptors (Lipinski definition) is 4. The molecule has 0 bridgehead atoms. The van der Waals surface area contributed by atoms with Crippen molar-refractivity contribution in [3.63, 3.8) is 0 Å². The number of rotatable bonds is 2. The molecule has 1 aromatic rings. The number of aliphatic hydroxyl groups excluding tert-OH is 1. The Morgan fingerprint density at radius 2 is 2.28 bits per heavy atom. The largest absolute Gasteiger partial charge is 0.391 e. The maximum Gasteiger partial charge on any atom is 0.293 e. The van der Waals surface area contributed by atoms with Crippen molar-refractivity contribution < 1.29 is 14.4 Å². The topological polar surface area (TPSA) is 66.6 Å². The molecule has 1 saturated heterocycles. The number of nitrogens with zero attached hydrogens (tertiary/aromatic N) is 2. The van der Waals surface area contributed by atoms with Crippen LogP contribution in [0.1, 0.15) is 12.8 Å². The highest BCUT2D eigenvalue weighted by molar-refractivity contribution is 9.10. The summed E-state index contributed by atoms with van der Waals surface area (Å²) in [6, 6.07) is 2.30. The number of hydrogen-bond donors (Lipinski definition) is 1. The number of nitro benzene ring substituents is 1. The van der Waals surface area contributed by atoms with Crippen LogP contribution in [-0.2, 0) is 0 Å². The first-order chi connectivity index (χ1) is 8.49. The summed E-state index contributed by atoms with van der Waals surface area (Å²) in [5, 5.41) is 20.6. The van der Waals surface area contributed by atoms with Crippen molar-refractivity contribution in [3.05, 3.63) is 32.5 Å². The molecule has 1 aromatic carbocycles. The van der Waals surface area contributed by atoms with Crippen LogP contribution in [0, 0.1) is 15.9 Å². The first-order valence-corrected chi connectivity index (χ1v) is 6.35. The number of anilines is 1. The molecule has 0 aromatic heterocycles. The van der Waals surface area contributed by atoms with E-state index in [1.54, 1.807) is 4.90 Å². The zero-order chi connectivity index (χ0) is 13.3. The highest BCUT2D eigenvalue weighted by Gasteiger charge is 2.26. The van der Waals surface area contributed by atoms with Gasteiger partial charge in [0, 0.05) is 25.2 Å². The van der Waals surface area contributed by atoms with E-state index < -0.39 is 16.8 Å². The lowest BCUT2D eigenvalue weighted by Crippen LogP contribution is -2.38. The summed E-state index contributed by atoms with van der Waals surface area (Å²) in [5.41, 5.74) is 0.0665. The molecule has 2 rings (SSSR count). The Morgan fingerprint density at radius 3 is 2.89 bits per heavy atom. The van der Waals surface area contributed by atoms with E-state index in [4.69, 9.17) is 0 Å². The van der Waals surface area contributed by atoms with E-state index in [0.29, 0.717) is 19.5 Å². The maximum atomic E-state index is 13.5. The van der Waals surface area contributed by atoms with E-state index in [1.165, 1.54) is 0 Å². The predicted octanol–water partition coefficient (Wildman–Crippen LogP) is 2.46. The Bertz CT molecular complexity index is 484. The normalized spacial score (nSPS) is 19.9. The van der Waals surface area contributed by atoms with Gasteiger partial charge in [0.1, 0.15) is 11.5 Å². The second-order valence-corrected chi connectivity index (χ2v) is 5.11. The SMILES string of the molecule is O=[N+]([O-])c1cc(Br)c(F)cc1N1CCC[C@H](O)C1. The minimum Gasteiger partial charge on any atom is -0.391 e. The quantitative estimate of drug-likeness (QED) is 0.672. The highest BCUT2D eigenvalue weighted by Crippen LogP contribution is 2.34. The molecular formula is C11H12BrFN2O3. The molecule has 0 amide bonds. The van der Waals surface area contributed by atoms with Crippen molar-refractivity contribution in [3.8, 4) is 0 Å². The second kappa shape index (κ2) is 5.19. The number of nitro groups is 1. The van der Waals surface area contributed by atoms with Crippen LogP contribution in [0.2, 0.25) is 0 Å². The third kappa shape index (κ3) is 2.62. The molecule has 1 fully saturated rings. The van der Waals surface area contributed by atoms with Crippen LogP contribution in [0.5, 0.6) is 0 Å². The molecular weight excluding hydrogens is 307 g/mol. The average Bonchev–Trinajstić information content (AvgIpc) is 2.31. The number of benzene rings is 1. The van der Waals surface area contributed by atoms with Gasteiger partial charge in [0.25, 0.3) is 5.69 Å². The third-order valence-corrected chi connectivity index (χ3v) is 3.56. The lowest BCUT2D eigenvalue weighted by molar-refractivity contribution is -0.384. The Morgan fingerprint density at radius 1 is 1.56 bits per heavy atom. The van der Waals surface area contributed by atoms with Gasteiger partial charge in [-0.25, -0.2) is 4.39 Å². The minimum atomic E-state index is -0.546. The van der Waals surface area contributed by atoms with Crippen LogP contribution in [0.3, 0.4) is 0 Å². The van der Waals surface area contributed by atoms with Gasteiger partial charge in [-0.15, -0.1) is 0 Å². The summed E-state index contributed by atoms with van der Waals surface area (Å²) < 4.78 is 13.6. The summed E-state index contributed by atoms with van der Waals surface area (Å²) >= 11 is 2.94. The second-order valence-electron chi connectivity index (χ2n) is 4.25. The van der Waals surface area contributed by atoms with Gasteiger partial charge in [-0.2, -0.15) is 0 Å². The maximum absolute atomic E-state index is 13.5. The van der Waals surface area contributed by atoms with Gasteiger partial charge in [0.05, 0.1) is 15.5 Å². The van der Waals surface area contributed by atoms with Gasteiger partial charge in [0.15, 0.2) is 0 Å². The molecule has 0 radical (unpaired) electrons. The van der Waals surface area contributed by atoms with Crippen molar-refractivity contribution in [2.45, 2.75) is 18.9 Å².